The predicted octanol–water partition coefficient (Wildman–Crippen LogP) is 3.74. The molecule has 25 heavy (non-hydrogen) atoms. The fourth-order valence-corrected chi connectivity index (χ4v) is 2.89. The van der Waals surface area contributed by atoms with Crippen molar-refractivity contribution >= 4 is 22.8 Å². The van der Waals surface area contributed by atoms with Gasteiger partial charge in [-0.2, -0.15) is 5.10 Å². The predicted molar refractivity (Wildman–Crippen MR) is 93.1 cm³/mol. The summed E-state index contributed by atoms with van der Waals surface area (Å²) >= 11 is 6.06. The Bertz CT molecular complexity index is 1060. The summed E-state index contributed by atoms with van der Waals surface area (Å²) < 4.78 is 12.5. The molecular weight excluding hydrogens is 344 g/mol. The number of hydrogen-bond acceptors (Lipinski definition) is 5. The number of benzene rings is 1. The van der Waals surface area contributed by atoms with Gasteiger partial charge in [-0.25, -0.2) is 9.67 Å². The molecule has 0 bridgehead atoms. The van der Waals surface area contributed by atoms with Gasteiger partial charge in [0, 0.05) is 5.56 Å². The van der Waals surface area contributed by atoms with Crippen molar-refractivity contribution in [2.45, 2.75) is 13.5 Å². The monoisotopic (exact) mass is 358 g/mol. The summed E-state index contributed by atoms with van der Waals surface area (Å²) in [6.07, 6.45) is 1.71. The number of rotatable bonds is 4. The topological polar surface area (TPSA) is 89.1 Å². The van der Waals surface area contributed by atoms with Crippen LogP contribution >= 0.6 is 11.6 Å². The maximum Gasteiger partial charge on any atom is 0.177 e. The van der Waals surface area contributed by atoms with Crippen LogP contribution in [0.3, 0.4) is 0 Å². The van der Waals surface area contributed by atoms with Crippen molar-refractivity contribution in [1.82, 2.24) is 19.7 Å². The van der Waals surface area contributed by atoms with Crippen LogP contribution in [0.4, 0.5) is 0 Å². The molecule has 0 radical (unpaired) electrons. The minimum absolute atomic E-state index is 0.0941. The Kier molecular flexibility index (Phi) is 3.65. The van der Waals surface area contributed by atoms with E-state index in [1.165, 1.54) is 7.11 Å². The van der Waals surface area contributed by atoms with Crippen molar-refractivity contribution in [3.8, 4) is 22.9 Å². The Labute approximate surface area is 147 Å². The van der Waals surface area contributed by atoms with Crippen LogP contribution in [-0.2, 0) is 6.54 Å². The number of phenols is 1. The largest absolute Gasteiger partial charge is 0.503 e. The SMILES string of the molecule is COc1cc(-c2nc3c(cnn3Cc3ccc(C)o3)[nH]2)cc(Cl)c1O. The van der Waals surface area contributed by atoms with Crippen LogP contribution in [0, 0.1) is 6.92 Å². The molecule has 3 heterocycles. The van der Waals surface area contributed by atoms with Gasteiger partial charge in [-0.1, -0.05) is 11.6 Å². The molecule has 4 aromatic rings. The van der Waals surface area contributed by atoms with E-state index >= 15 is 0 Å². The molecule has 0 aliphatic carbocycles. The molecule has 2 N–H and O–H groups in total. The lowest BCUT2D eigenvalue weighted by Gasteiger charge is -2.07. The van der Waals surface area contributed by atoms with Crippen molar-refractivity contribution in [2.75, 3.05) is 7.11 Å². The number of nitrogens with one attached hydrogen (secondary N) is 1. The van der Waals surface area contributed by atoms with E-state index in [0.29, 0.717) is 23.6 Å². The van der Waals surface area contributed by atoms with Crippen LogP contribution in [0.15, 0.2) is 34.9 Å². The molecule has 0 aliphatic rings. The zero-order valence-corrected chi connectivity index (χ0v) is 14.3. The average molecular weight is 359 g/mol. The van der Waals surface area contributed by atoms with Gasteiger partial charge in [0.2, 0.25) is 0 Å². The number of aryl methyl sites for hydroxylation is 1. The van der Waals surface area contributed by atoms with Gasteiger partial charge in [-0.05, 0) is 31.2 Å². The quantitative estimate of drug-likeness (QED) is 0.580. The first-order valence-corrected chi connectivity index (χ1v) is 7.96. The van der Waals surface area contributed by atoms with E-state index in [0.717, 1.165) is 17.0 Å². The zero-order valence-electron chi connectivity index (χ0n) is 13.6. The van der Waals surface area contributed by atoms with E-state index in [2.05, 4.69) is 15.1 Å². The maximum atomic E-state index is 9.87. The van der Waals surface area contributed by atoms with E-state index in [9.17, 15) is 5.11 Å². The van der Waals surface area contributed by atoms with Crippen molar-refractivity contribution in [2.24, 2.45) is 0 Å². The maximum absolute atomic E-state index is 9.87. The molecule has 0 unspecified atom stereocenters. The summed E-state index contributed by atoms with van der Waals surface area (Å²) in [4.78, 5) is 7.80. The van der Waals surface area contributed by atoms with Crippen LogP contribution in [0.25, 0.3) is 22.6 Å². The number of ether oxygens (including phenoxy) is 1. The highest BCUT2D eigenvalue weighted by Crippen LogP contribution is 2.38. The lowest BCUT2D eigenvalue weighted by Crippen LogP contribution is -2.00. The van der Waals surface area contributed by atoms with Gasteiger partial charge in [-0.3, -0.25) is 0 Å². The zero-order chi connectivity index (χ0) is 17.6. The van der Waals surface area contributed by atoms with Crippen LogP contribution < -0.4 is 4.74 Å². The summed E-state index contributed by atoms with van der Waals surface area (Å²) in [6.45, 7) is 2.39. The van der Waals surface area contributed by atoms with Crippen molar-refractivity contribution in [3.63, 3.8) is 0 Å². The molecule has 0 saturated heterocycles. The second kappa shape index (κ2) is 5.86. The Balaban J connectivity index is 1.74. The number of aromatic amines is 1. The van der Waals surface area contributed by atoms with Gasteiger partial charge < -0.3 is 19.2 Å². The molecule has 3 aromatic heterocycles. The molecule has 7 nitrogen and oxygen atoms in total. The van der Waals surface area contributed by atoms with Gasteiger partial charge in [0.05, 0.1) is 18.3 Å². The highest BCUT2D eigenvalue weighted by Gasteiger charge is 2.15. The van der Waals surface area contributed by atoms with Crippen LogP contribution in [-0.4, -0.2) is 32.0 Å². The second-order valence-corrected chi connectivity index (χ2v) is 6.05. The third-order valence-corrected chi connectivity index (χ3v) is 4.19. The number of aromatic nitrogens is 4. The Morgan fingerprint density at radius 2 is 2.20 bits per heavy atom. The van der Waals surface area contributed by atoms with Gasteiger partial charge >= 0.3 is 0 Å². The lowest BCUT2D eigenvalue weighted by atomic mass is 10.2. The lowest BCUT2D eigenvalue weighted by molar-refractivity contribution is 0.374. The molecule has 128 valence electrons. The molecular formula is C17H15ClN4O3. The Morgan fingerprint density at radius 3 is 2.92 bits per heavy atom. The fraction of sp³-hybridized carbons (Fsp3) is 0.176. The van der Waals surface area contributed by atoms with Gasteiger partial charge in [-0.15, -0.1) is 0 Å². The minimum Gasteiger partial charge on any atom is -0.503 e. The van der Waals surface area contributed by atoms with Crippen molar-refractivity contribution in [3.05, 3.63) is 47.0 Å². The first kappa shape index (κ1) is 15.6. The molecule has 0 fully saturated rings. The number of hydrogen-bond donors (Lipinski definition) is 2. The first-order valence-electron chi connectivity index (χ1n) is 7.59. The number of H-pyrrole nitrogens is 1. The minimum atomic E-state index is -0.0941. The van der Waals surface area contributed by atoms with Gasteiger partial charge in [0.1, 0.15) is 29.4 Å². The summed E-state index contributed by atoms with van der Waals surface area (Å²) in [7, 11) is 1.47. The molecule has 0 amide bonds. The molecule has 0 spiro atoms. The number of aromatic hydroxyl groups is 1. The highest BCUT2D eigenvalue weighted by atomic mass is 35.5. The van der Waals surface area contributed by atoms with E-state index in [4.69, 9.17) is 20.8 Å². The average Bonchev–Trinajstić information content (AvgIpc) is 3.27. The summed E-state index contributed by atoms with van der Waals surface area (Å²) in [5.74, 6) is 2.46. The van der Waals surface area contributed by atoms with Gasteiger partial charge in [0.25, 0.3) is 0 Å². The van der Waals surface area contributed by atoms with Crippen LogP contribution in [0.5, 0.6) is 11.5 Å². The molecule has 8 heteroatoms. The Morgan fingerprint density at radius 1 is 1.36 bits per heavy atom. The number of imidazole rings is 1. The summed E-state index contributed by atoms with van der Waals surface area (Å²) in [6, 6.07) is 7.13. The molecule has 4 rings (SSSR count). The van der Waals surface area contributed by atoms with E-state index in [-0.39, 0.29) is 16.5 Å². The van der Waals surface area contributed by atoms with E-state index in [1.807, 2.05) is 19.1 Å². The Hall–Kier alpha value is -2.93. The standard InChI is InChI=1S/C17H15ClN4O3/c1-9-3-4-11(25-9)8-22-17-13(7-19-22)20-16(21-17)10-5-12(18)15(23)14(6-10)24-2/h3-7,23H,8H2,1-2H3,(H,20,21). The third kappa shape index (κ3) is 2.72. The first-order chi connectivity index (χ1) is 12.0. The van der Waals surface area contributed by atoms with E-state index in [1.54, 1.807) is 23.0 Å². The smallest absolute Gasteiger partial charge is 0.177 e. The fourth-order valence-electron chi connectivity index (χ4n) is 2.68. The van der Waals surface area contributed by atoms with Crippen LogP contribution in [0.1, 0.15) is 11.5 Å². The van der Waals surface area contributed by atoms with E-state index < -0.39 is 0 Å². The number of nitrogens with zero attached hydrogens (tertiary/aromatic N) is 3. The molecule has 0 atom stereocenters. The summed E-state index contributed by atoms with van der Waals surface area (Å²) in [5, 5.41) is 14.4. The second-order valence-electron chi connectivity index (χ2n) is 5.65. The third-order valence-electron chi connectivity index (χ3n) is 3.91. The summed E-state index contributed by atoms with van der Waals surface area (Å²) in [5.41, 5.74) is 2.20. The number of furan rings is 1. The van der Waals surface area contributed by atoms with Crippen molar-refractivity contribution in [1.29, 1.82) is 0 Å². The van der Waals surface area contributed by atoms with Crippen molar-refractivity contribution < 1.29 is 14.3 Å². The van der Waals surface area contributed by atoms with Crippen LogP contribution in [0.2, 0.25) is 5.02 Å². The molecule has 0 aliphatic heterocycles. The highest BCUT2D eigenvalue weighted by molar-refractivity contribution is 6.32. The number of fused-ring (bicyclic) bond motifs is 1. The number of methoxy groups -OCH3 is 1. The van der Waals surface area contributed by atoms with Gasteiger partial charge in [0.15, 0.2) is 17.1 Å². The molecule has 0 saturated carbocycles. The normalized spacial score (nSPS) is 11.3. The number of phenolic OH excluding ortho intramolecular Hbond substituents is 1. The number of halogens is 1. The molecule has 1 aromatic carbocycles.